The number of likely N-dealkylation sites (N-methyl/N-ethyl adjacent to an activating group) is 1. The van der Waals surface area contributed by atoms with Gasteiger partial charge < -0.3 is 4.90 Å². The minimum absolute atomic E-state index is 0.103. The van der Waals surface area contributed by atoms with Gasteiger partial charge in [0.15, 0.2) is 0 Å². The second kappa shape index (κ2) is 4.27. The van der Waals surface area contributed by atoms with E-state index < -0.39 is 0 Å². The molecule has 1 aromatic rings. The number of hydrogen-bond donors (Lipinski definition) is 0. The van der Waals surface area contributed by atoms with E-state index in [1.807, 2.05) is 0 Å². The zero-order valence-corrected chi connectivity index (χ0v) is 12.2. The van der Waals surface area contributed by atoms with Gasteiger partial charge in [0, 0.05) is 30.2 Å². The average Bonchev–Trinajstić information content (AvgIpc) is 2.23. The van der Waals surface area contributed by atoms with Gasteiger partial charge in [0.05, 0.1) is 5.54 Å². The van der Waals surface area contributed by atoms with Gasteiger partial charge in [0.25, 0.3) is 0 Å². The van der Waals surface area contributed by atoms with E-state index >= 15 is 0 Å². The van der Waals surface area contributed by atoms with Gasteiger partial charge in [-0.25, -0.2) is 0 Å². The second-order valence-electron chi connectivity index (χ2n) is 5.51. The van der Waals surface area contributed by atoms with Crippen LogP contribution in [0.25, 0.3) is 0 Å². The number of nitrogens with zero attached hydrogens (tertiary/aromatic N) is 2. The Morgan fingerprint density at radius 1 is 1.17 bits per heavy atom. The monoisotopic (exact) mass is 242 g/mol. The van der Waals surface area contributed by atoms with Crippen molar-refractivity contribution in [1.29, 1.82) is 0 Å². The molecule has 2 heteroatoms. The van der Waals surface area contributed by atoms with Gasteiger partial charge in [-0.1, -0.05) is 12.2 Å². The summed E-state index contributed by atoms with van der Waals surface area (Å²) in [6, 6.07) is 2.17. The van der Waals surface area contributed by atoms with Crippen LogP contribution in [0.4, 0.5) is 0 Å². The first-order chi connectivity index (χ1) is 8.34. The second-order valence-corrected chi connectivity index (χ2v) is 5.51. The van der Waals surface area contributed by atoms with Gasteiger partial charge in [0.2, 0.25) is 0 Å². The number of hydrogen-bond acceptors (Lipinski definition) is 2. The van der Waals surface area contributed by atoms with Crippen molar-refractivity contribution in [2.45, 2.75) is 40.2 Å². The summed E-state index contributed by atoms with van der Waals surface area (Å²) in [6.07, 6.45) is 6.66. The van der Waals surface area contributed by atoms with E-state index in [2.05, 4.69) is 76.0 Å². The summed E-state index contributed by atoms with van der Waals surface area (Å²) in [5.74, 6) is 0. The number of pyridine rings is 1. The van der Waals surface area contributed by atoms with E-state index in [9.17, 15) is 0 Å². The fourth-order valence-corrected chi connectivity index (χ4v) is 2.94. The molecule has 0 spiro atoms. The molecule has 2 heterocycles. The minimum Gasteiger partial charge on any atom is -0.367 e. The molecule has 2 rings (SSSR count). The molecule has 0 aliphatic carbocycles. The van der Waals surface area contributed by atoms with Crippen LogP contribution >= 0.6 is 0 Å². The van der Waals surface area contributed by atoms with E-state index in [0.717, 1.165) is 11.4 Å². The minimum atomic E-state index is -0.103. The molecule has 0 radical (unpaired) electrons. The predicted molar refractivity (Wildman–Crippen MR) is 76.5 cm³/mol. The van der Waals surface area contributed by atoms with Crippen LogP contribution in [-0.2, 0) is 5.54 Å². The third-order valence-electron chi connectivity index (χ3n) is 3.83. The van der Waals surface area contributed by atoms with Crippen molar-refractivity contribution in [2.75, 3.05) is 7.05 Å². The molecule has 1 aromatic heterocycles. The number of allylic oxidation sites excluding steroid dienone is 2. The van der Waals surface area contributed by atoms with Gasteiger partial charge in [-0.3, -0.25) is 4.98 Å². The Morgan fingerprint density at radius 2 is 1.83 bits per heavy atom. The maximum absolute atomic E-state index is 4.63. The summed E-state index contributed by atoms with van der Waals surface area (Å²) < 4.78 is 0. The van der Waals surface area contributed by atoms with Crippen LogP contribution in [-0.4, -0.2) is 16.9 Å². The first-order valence-electron chi connectivity index (χ1n) is 6.40. The Balaban J connectivity index is 2.59. The fraction of sp³-hybridized carbons (Fsp3) is 0.438. The Labute approximate surface area is 110 Å². The van der Waals surface area contributed by atoms with Crippen molar-refractivity contribution in [1.82, 2.24) is 9.88 Å². The summed E-state index contributed by atoms with van der Waals surface area (Å²) in [7, 11) is 2.13. The lowest BCUT2D eigenvalue weighted by atomic mass is 9.84. The predicted octanol–water partition coefficient (Wildman–Crippen LogP) is 3.63. The fourth-order valence-electron chi connectivity index (χ4n) is 2.94. The van der Waals surface area contributed by atoms with E-state index in [1.54, 1.807) is 0 Å². The first kappa shape index (κ1) is 12.9. The lowest BCUT2D eigenvalue weighted by molar-refractivity contribution is 0.256. The molecule has 0 fully saturated rings. The summed E-state index contributed by atoms with van der Waals surface area (Å²) in [5.41, 5.74) is 6.02. The van der Waals surface area contributed by atoms with Crippen molar-refractivity contribution >= 4 is 0 Å². The zero-order chi connectivity index (χ0) is 13.5. The molecule has 0 N–H and O–H groups in total. The third kappa shape index (κ3) is 1.96. The first-order valence-corrected chi connectivity index (χ1v) is 6.40. The van der Waals surface area contributed by atoms with Gasteiger partial charge in [0.1, 0.15) is 0 Å². The topological polar surface area (TPSA) is 16.1 Å². The van der Waals surface area contributed by atoms with Gasteiger partial charge in [-0.15, -0.1) is 0 Å². The lowest BCUT2D eigenvalue weighted by Gasteiger charge is -2.40. The molecular formula is C16H22N2. The molecule has 0 bridgehead atoms. The van der Waals surface area contributed by atoms with E-state index in [1.165, 1.54) is 16.7 Å². The van der Waals surface area contributed by atoms with Crippen LogP contribution in [0.3, 0.4) is 0 Å². The van der Waals surface area contributed by atoms with E-state index in [-0.39, 0.29) is 5.54 Å². The van der Waals surface area contributed by atoms with Crippen molar-refractivity contribution in [3.05, 3.63) is 52.5 Å². The van der Waals surface area contributed by atoms with Gasteiger partial charge in [-0.05, 0) is 51.8 Å². The molecule has 96 valence electrons. The van der Waals surface area contributed by atoms with E-state index in [4.69, 9.17) is 0 Å². The highest BCUT2D eigenvalue weighted by Crippen LogP contribution is 2.36. The maximum Gasteiger partial charge on any atom is 0.0823 e. The Morgan fingerprint density at radius 3 is 2.39 bits per heavy atom. The van der Waals surface area contributed by atoms with Crippen molar-refractivity contribution in [3.8, 4) is 0 Å². The normalized spacial score (nSPS) is 23.2. The summed E-state index contributed by atoms with van der Waals surface area (Å²) >= 11 is 0. The van der Waals surface area contributed by atoms with Crippen LogP contribution in [0.15, 0.2) is 30.0 Å². The van der Waals surface area contributed by atoms with Crippen molar-refractivity contribution in [2.24, 2.45) is 0 Å². The van der Waals surface area contributed by atoms with Gasteiger partial charge >= 0.3 is 0 Å². The van der Waals surface area contributed by atoms with Crippen LogP contribution < -0.4 is 0 Å². The van der Waals surface area contributed by atoms with Crippen LogP contribution in [0.1, 0.15) is 36.4 Å². The highest BCUT2D eigenvalue weighted by Gasteiger charge is 2.32. The molecule has 0 aromatic carbocycles. The van der Waals surface area contributed by atoms with Crippen LogP contribution in [0.5, 0.6) is 0 Å². The Bertz CT molecular complexity index is 517. The summed E-state index contributed by atoms with van der Waals surface area (Å²) in [6.45, 7) is 10.7. The quantitative estimate of drug-likeness (QED) is 0.747. The van der Waals surface area contributed by atoms with Crippen LogP contribution in [0.2, 0.25) is 0 Å². The summed E-state index contributed by atoms with van der Waals surface area (Å²) in [5, 5.41) is 0. The number of aromatic nitrogens is 1. The molecule has 1 aliphatic rings. The molecule has 18 heavy (non-hydrogen) atoms. The maximum atomic E-state index is 4.63. The molecular weight excluding hydrogens is 220 g/mol. The molecule has 1 unspecified atom stereocenters. The zero-order valence-electron chi connectivity index (χ0n) is 12.2. The van der Waals surface area contributed by atoms with Crippen molar-refractivity contribution < 1.29 is 0 Å². The summed E-state index contributed by atoms with van der Waals surface area (Å²) in [4.78, 5) is 6.90. The largest absolute Gasteiger partial charge is 0.367 e. The number of rotatable bonds is 1. The van der Waals surface area contributed by atoms with Crippen molar-refractivity contribution in [3.63, 3.8) is 0 Å². The Hall–Kier alpha value is -1.57. The standard InChI is InChI=1S/C16H22N2/c1-11-7-8-16(5,18(6)10-11)15-12(2)9-13(3)17-14(15)4/h7-10H,1-6H3. The lowest BCUT2D eigenvalue weighted by Crippen LogP contribution is -2.39. The van der Waals surface area contributed by atoms with Crippen LogP contribution in [0, 0.1) is 20.8 Å². The third-order valence-corrected chi connectivity index (χ3v) is 3.83. The SMILES string of the molecule is CC1=CN(C)C(C)(c2c(C)cc(C)nc2C)C=C1. The molecule has 2 nitrogen and oxygen atoms in total. The molecule has 0 saturated carbocycles. The smallest absolute Gasteiger partial charge is 0.0823 e. The van der Waals surface area contributed by atoms with E-state index in [0.29, 0.717) is 0 Å². The molecule has 0 amide bonds. The Kier molecular flexibility index (Phi) is 3.05. The highest BCUT2D eigenvalue weighted by atomic mass is 15.2. The highest BCUT2D eigenvalue weighted by molar-refractivity contribution is 5.43. The molecule has 1 atom stereocenters. The molecule has 1 aliphatic heterocycles. The number of aryl methyl sites for hydroxylation is 3. The average molecular weight is 242 g/mol. The van der Waals surface area contributed by atoms with Gasteiger partial charge in [-0.2, -0.15) is 0 Å². The molecule has 0 saturated heterocycles.